The molecule has 3 nitrogen and oxygen atoms in total. The highest BCUT2D eigenvalue weighted by molar-refractivity contribution is 6.07. The smallest absolute Gasteiger partial charge is 0.316 e. The van der Waals surface area contributed by atoms with Crippen molar-refractivity contribution >= 4 is 11.7 Å². The van der Waals surface area contributed by atoms with Gasteiger partial charge in [-0.25, -0.2) is 0 Å². The van der Waals surface area contributed by atoms with E-state index >= 15 is 0 Å². The monoisotopic (exact) mass is 207 g/mol. The lowest BCUT2D eigenvalue weighted by Crippen LogP contribution is -2.34. The summed E-state index contributed by atoms with van der Waals surface area (Å²) >= 11 is 0. The van der Waals surface area contributed by atoms with Gasteiger partial charge in [-0.3, -0.25) is 4.79 Å². The second kappa shape index (κ2) is 3.80. The van der Waals surface area contributed by atoms with Crippen molar-refractivity contribution in [3.63, 3.8) is 0 Å². The molecule has 0 radical (unpaired) electrons. The highest BCUT2D eigenvalue weighted by atomic mass is 16.5. The minimum absolute atomic E-state index is 0.113. The van der Waals surface area contributed by atoms with E-state index in [9.17, 15) is 4.79 Å². The third-order valence-corrected chi connectivity index (χ3v) is 3.46. The first-order valence-electron chi connectivity index (χ1n) is 5.66. The summed E-state index contributed by atoms with van der Waals surface area (Å²) in [6, 6.07) is 0. The van der Waals surface area contributed by atoms with Crippen LogP contribution in [0.25, 0.3) is 0 Å². The van der Waals surface area contributed by atoms with Crippen LogP contribution in [0, 0.1) is 10.8 Å². The Morgan fingerprint density at radius 2 is 2.40 bits per heavy atom. The molecule has 0 aromatic heterocycles. The molecule has 0 aromatic rings. The van der Waals surface area contributed by atoms with Crippen molar-refractivity contribution in [2.75, 3.05) is 6.61 Å². The molecule has 0 aromatic carbocycles. The molecule has 82 valence electrons. The molecule has 0 spiro atoms. The van der Waals surface area contributed by atoms with E-state index in [0.717, 1.165) is 37.7 Å². The van der Waals surface area contributed by atoms with E-state index in [1.54, 1.807) is 0 Å². The summed E-state index contributed by atoms with van der Waals surface area (Å²) in [6.45, 7) is 2.27. The Hall–Kier alpha value is -1.12. The first-order chi connectivity index (χ1) is 7.20. The summed E-state index contributed by atoms with van der Waals surface area (Å²) in [5, 5.41) is 7.85. The summed E-state index contributed by atoms with van der Waals surface area (Å²) in [6.07, 6.45) is 6.46. The number of hydrogen-bond donors (Lipinski definition) is 1. The van der Waals surface area contributed by atoms with Crippen molar-refractivity contribution in [3.8, 4) is 0 Å². The van der Waals surface area contributed by atoms with Crippen LogP contribution in [-0.4, -0.2) is 18.3 Å². The van der Waals surface area contributed by atoms with Crippen LogP contribution in [0.4, 0.5) is 0 Å². The Bertz CT molecular complexity index is 333. The van der Waals surface area contributed by atoms with Crippen LogP contribution in [0.5, 0.6) is 0 Å². The first-order valence-corrected chi connectivity index (χ1v) is 5.66. The van der Waals surface area contributed by atoms with Crippen LogP contribution in [0.1, 0.15) is 39.0 Å². The van der Waals surface area contributed by atoms with E-state index in [0.29, 0.717) is 12.3 Å². The van der Waals surface area contributed by atoms with Gasteiger partial charge in [0.25, 0.3) is 0 Å². The van der Waals surface area contributed by atoms with Gasteiger partial charge in [-0.2, -0.15) is 0 Å². The Morgan fingerprint density at radius 1 is 1.60 bits per heavy atom. The number of carbonyl (C=O) groups is 1. The Kier molecular flexibility index (Phi) is 2.63. The summed E-state index contributed by atoms with van der Waals surface area (Å²) in [4.78, 5) is 12.0. The van der Waals surface area contributed by atoms with Crippen molar-refractivity contribution in [2.24, 2.45) is 5.41 Å². The zero-order valence-electron chi connectivity index (χ0n) is 9.14. The van der Waals surface area contributed by atoms with Gasteiger partial charge >= 0.3 is 5.97 Å². The van der Waals surface area contributed by atoms with Crippen molar-refractivity contribution in [1.29, 1.82) is 5.41 Å². The van der Waals surface area contributed by atoms with Gasteiger partial charge in [0.05, 0.1) is 12.0 Å². The fourth-order valence-electron chi connectivity index (χ4n) is 2.71. The number of nitrogens with one attached hydrogen (secondary N) is 1. The van der Waals surface area contributed by atoms with Gasteiger partial charge in [0.2, 0.25) is 0 Å². The molecular formula is C12H17NO2. The second-order valence-electron chi connectivity index (χ2n) is 4.29. The largest absolute Gasteiger partial charge is 0.465 e. The summed E-state index contributed by atoms with van der Waals surface area (Å²) < 4.78 is 5.16. The number of hydrogen-bond acceptors (Lipinski definition) is 3. The number of rotatable bonds is 2. The van der Waals surface area contributed by atoms with Gasteiger partial charge < -0.3 is 10.1 Å². The van der Waals surface area contributed by atoms with Crippen molar-refractivity contribution in [2.45, 2.75) is 39.0 Å². The number of esters is 1. The van der Waals surface area contributed by atoms with E-state index in [1.807, 2.05) is 6.92 Å². The second-order valence-corrected chi connectivity index (χ2v) is 4.29. The van der Waals surface area contributed by atoms with E-state index < -0.39 is 5.41 Å². The average molecular weight is 207 g/mol. The number of allylic oxidation sites excluding steroid dienone is 1. The molecule has 1 unspecified atom stereocenters. The molecule has 15 heavy (non-hydrogen) atoms. The van der Waals surface area contributed by atoms with Gasteiger partial charge in [0, 0.05) is 5.71 Å². The molecule has 2 aliphatic rings. The topological polar surface area (TPSA) is 50.2 Å². The molecular weight excluding hydrogens is 190 g/mol. The molecule has 0 bridgehead atoms. The van der Waals surface area contributed by atoms with E-state index in [-0.39, 0.29) is 5.97 Å². The van der Waals surface area contributed by atoms with Gasteiger partial charge in [0.15, 0.2) is 0 Å². The fraction of sp³-hybridized carbons (Fsp3) is 0.667. The summed E-state index contributed by atoms with van der Waals surface area (Å²) in [5.74, 6) is -0.113. The summed E-state index contributed by atoms with van der Waals surface area (Å²) in [5.41, 5.74) is 1.14. The average Bonchev–Trinajstić information content (AvgIpc) is 2.59. The zero-order valence-corrected chi connectivity index (χ0v) is 9.14. The first kappa shape index (κ1) is 10.4. The lowest BCUT2D eigenvalue weighted by atomic mass is 9.74. The molecule has 3 heteroatoms. The maximum atomic E-state index is 12.0. The van der Waals surface area contributed by atoms with Crippen molar-refractivity contribution in [3.05, 3.63) is 11.6 Å². The van der Waals surface area contributed by atoms with Gasteiger partial charge in [-0.05, 0) is 44.6 Å². The van der Waals surface area contributed by atoms with Crippen LogP contribution in [0.2, 0.25) is 0 Å². The summed E-state index contributed by atoms with van der Waals surface area (Å²) in [7, 11) is 0. The lowest BCUT2D eigenvalue weighted by Gasteiger charge is -2.30. The van der Waals surface area contributed by atoms with Crippen molar-refractivity contribution in [1.82, 2.24) is 0 Å². The van der Waals surface area contributed by atoms with Crippen LogP contribution in [0.3, 0.4) is 0 Å². The molecule has 0 aliphatic heterocycles. The van der Waals surface area contributed by atoms with Crippen LogP contribution in [0.15, 0.2) is 11.6 Å². The third kappa shape index (κ3) is 1.50. The maximum absolute atomic E-state index is 12.0. The molecule has 2 aliphatic carbocycles. The van der Waals surface area contributed by atoms with Crippen molar-refractivity contribution < 1.29 is 9.53 Å². The number of fused-ring (bicyclic) bond motifs is 1. The minimum Gasteiger partial charge on any atom is -0.465 e. The minimum atomic E-state index is -0.453. The number of carbonyl (C=O) groups excluding carboxylic acids is 1. The Morgan fingerprint density at radius 3 is 3.13 bits per heavy atom. The highest BCUT2D eigenvalue weighted by Crippen LogP contribution is 2.48. The van der Waals surface area contributed by atoms with Gasteiger partial charge in [-0.15, -0.1) is 0 Å². The van der Waals surface area contributed by atoms with Crippen LogP contribution < -0.4 is 0 Å². The molecule has 1 atom stereocenters. The molecule has 0 saturated heterocycles. The van der Waals surface area contributed by atoms with Gasteiger partial charge in [-0.1, -0.05) is 6.08 Å². The third-order valence-electron chi connectivity index (χ3n) is 3.46. The molecule has 2 rings (SSSR count). The lowest BCUT2D eigenvalue weighted by molar-refractivity contribution is -0.153. The molecule has 1 saturated carbocycles. The van der Waals surface area contributed by atoms with Crippen LogP contribution >= 0.6 is 0 Å². The molecule has 1 fully saturated rings. The normalized spacial score (nSPS) is 29.7. The zero-order chi connectivity index (χ0) is 10.9. The fourth-order valence-corrected chi connectivity index (χ4v) is 2.71. The quantitative estimate of drug-likeness (QED) is 0.707. The maximum Gasteiger partial charge on any atom is 0.316 e. The Labute approximate surface area is 90.0 Å². The van der Waals surface area contributed by atoms with E-state index in [1.165, 1.54) is 0 Å². The predicted octanol–water partition coefficient (Wildman–Crippen LogP) is 2.46. The Balaban J connectivity index is 2.32. The predicted molar refractivity (Wildman–Crippen MR) is 58.0 cm³/mol. The SMILES string of the molecule is CCOC(=O)C12CCCC=C1C(=N)CC2. The number of ether oxygens (including phenoxy) is 1. The standard InChI is InChI=1S/C12H17NO2/c1-2-15-11(14)12-7-4-3-5-9(12)10(13)6-8-12/h5,13H,2-4,6-8H2,1H3. The van der Waals surface area contributed by atoms with E-state index in [4.69, 9.17) is 10.1 Å². The molecule has 1 N–H and O–H groups in total. The van der Waals surface area contributed by atoms with Crippen LogP contribution in [-0.2, 0) is 9.53 Å². The van der Waals surface area contributed by atoms with E-state index in [2.05, 4.69) is 6.08 Å². The highest BCUT2D eigenvalue weighted by Gasteiger charge is 2.49. The van der Waals surface area contributed by atoms with Gasteiger partial charge in [0.1, 0.15) is 0 Å². The molecule has 0 heterocycles. The molecule has 0 amide bonds.